The summed E-state index contributed by atoms with van der Waals surface area (Å²) >= 11 is 0. The fourth-order valence-electron chi connectivity index (χ4n) is 3.33. The number of nitrogens with one attached hydrogen (secondary N) is 2. The number of halogens is 4. The number of benzene rings is 1. The molecule has 1 aliphatic heterocycles. The van der Waals surface area contributed by atoms with Crippen LogP contribution in [-0.2, 0) is 6.18 Å². The van der Waals surface area contributed by atoms with E-state index in [0.29, 0.717) is 23.8 Å². The van der Waals surface area contributed by atoms with Gasteiger partial charge in [0.1, 0.15) is 0 Å². The Morgan fingerprint density at radius 1 is 1.13 bits per heavy atom. The highest BCUT2D eigenvalue weighted by atomic mass is 19.4. The van der Waals surface area contributed by atoms with Crippen molar-refractivity contribution >= 4 is 17.5 Å². The molecule has 11 heteroatoms. The van der Waals surface area contributed by atoms with Gasteiger partial charge in [-0.3, -0.25) is 0 Å². The lowest BCUT2D eigenvalue weighted by Crippen LogP contribution is -2.21. The van der Waals surface area contributed by atoms with E-state index in [2.05, 4.69) is 25.5 Å². The van der Waals surface area contributed by atoms with Crippen molar-refractivity contribution in [2.24, 2.45) is 0 Å². The molecule has 0 aliphatic carbocycles. The molecule has 0 saturated carbocycles. The molecule has 0 bridgehead atoms. The average molecular weight is 443 g/mol. The van der Waals surface area contributed by atoms with E-state index < -0.39 is 29.5 Å². The molecule has 2 N–H and O–H groups in total. The van der Waals surface area contributed by atoms with Crippen molar-refractivity contribution in [2.75, 3.05) is 51.0 Å². The second-order valence-corrected chi connectivity index (χ2v) is 7.05. The minimum absolute atomic E-state index is 0.372. The zero-order valence-electron chi connectivity index (χ0n) is 17.4. The third kappa shape index (κ3) is 5.87. The Bertz CT molecular complexity index is 889. The quantitative estimate of drug-likeness (QED) is 0.442. The van der Waals surface area contributed by atoms with Gasteiger partial charge in [-0.2, -0.15) is 18.2 Å². The molecule has 0 spiro atoms. The van der Waals surface area contributed by atoms with Crippen LogP contribution >= 0.6 is 0 Å². The fourth-order valence-corrected chi connectivity index (χ4v) is 3.33. The molecule has 3 rings (SSSR count). The molecule has 7 nitrogen and oxygen atoms in total. The summed E-state index contributed by atoms with van der Waals surface area (Å²) in [5, 5.41) is 4.98. The van der Waals surface area contributed by atoms with Gasteiger partial charge < -0.3 is 25.0 Å². The summed E-state index contributed by atoms with van der Waals surface area (Å²) in [5.41, 5.74) is -1.28. The molecule has 2 aromatic rings. The normalized spacial score (nSPS) is 14.5. The highest BCUT2D eigenvalue weighted by molar-refractivity contribution is 5.61. The smallest absolute Gasteiger partial charge is 0.436 e. The lowest BCUT2D eigenvalue weighted by Gasteiger charge is -2.16. The van der Waals surface area contributed by atoms with Crippen molar-refractivity contribution in [1.82, 2.24) is 14.9 Å². The molecule has 0 atom stereocenters. The molecular formula is C20H25F4N5O2. The highest BCUT2D eigenvalue weighted by Crippen LogP contribution is 2.34. The Morgan fingerprint density at radius 2 is 1.87 bits per heavy atom. The fraction of sp³-hybridized carbons (Fsp3) is 0.500. The van der Waals surface area contributed by atoms with E-state index in [1.807, 2.05) is 0 Å². The zero-order chi connectivity index (χ0) is 22.4. The van der Waals surface area contributed by atoms with Crippen molar-refractivity contribution < 1.29 is 27.0 Å². The summed E-state index contributed by atoms with van der Waals surface area (Å²) in [5.74, 6) is -1.60. The van der Waals surface area contributed by atoms with Crippen LogP contribution in [0.1, 0.15) is 25.0 Å². The molecule has 1 saturated heterocycles. The van der Waals surface area contributed by atoms with Crippen LogP contribution in [0.2, 0.25) is 0 Å². The molecule has 1 aromatic heterocycles. The Kier molecular flexibility index (Phi) is 7.37. The van der Waals surface area contributed by atoms with Gasteiger partial charge in [0.25, 0.3) is 0 Å². The monoisotopic (exact) mass is 443 g/mol. The second-order valence-electron chi connectivity index (χ2n) is 7.05. The zero-order valence-corrected chi connectivity index (χ0v) is 17.4. The van der Waals surface area contributed by atoms with E-state index in [9.17, 15) is 17.6 Å². The van der Waals surface area contributed by atoms with Gasteiger partial charge >= 0.3 is 6.18 Å². The molecule has 0 radical (unpaired) electrons. The second kappa shape index (κ2) is 9.99. The van der Waals surface area contributed by atoms with Gasteiger partial charge in [-0.1, -0.05) is 0 Å². The van der Waals surface area contributed by atoms with Crippen LogP contribution in [0.15, 0.2) is 18.2 Å². The molecule has 0 amide bonds. The number of alkyl halides is 3. The standard InChI is InChI=1S/C20H25F4N5O2/c1-25-18-16(21)17(20(22,23)24)27-19(28-18)26-13-6-7-14(30-2)15(12-13)31-11-5-10-29-8-3-4-9-29/h6-7,12H,3-5,8-11H2,1-2H3,(H2,25,26,27,28). The Hall–Kier alpha value is -2.82. The number of nitrogens with zero attached hydrogens (tertiary/aromatic N) is 3. The molecule has 1 aliphatic rings. The summed E-state index contributed by atoms with van der Waals surface area (Å²) in [6.07, 6.45) is -1.68. The van der Waals surface area contributed by atoms with Gasteiger partial charge in [0, 0.05) is 25.3 Å². The van der Waals surface area contributed by atoms with Crippen LogP contribution in [0.4, 0.5) is 35.0 Å². The maximum atomic E-state index is 14.0. The van der Waals surface area contributed by atoms with Gasteiger partial charge in [0.2, 0.25) is 5.95 Å². The number of anilines is 3. The predicted molar refractivity (Wildman–Crippen MR) is 109 cm³/mol. The lowest BCUT2D eigenvalue weighted by molar-refractivity contribution is -0.143. The van der Waals surface area contributed by atoms with Crippen LogP contribution in [0.25, 0.3) is 0 Å². The maximum Gasteiger partial charge on any atom is 0.436 e. The van der Waals surface area contributed by atoms with Gasteiger partial charge in [-0.05, 0) is 44.5 Å². The minimum atomic E-state index is -4.96. The topological polar surface area (TPSA) is 71.5 Å². The largest absolute Gasteiger partial charge is 0.493 e. The number of aromatic nitrogens is 2. The van der Waals surface area contributed by atoms with Crippen LogP contribution in [0.5, 0.6) is 11.5 Å². The SMILES string of the molecule is CNc1nc(Nc2ccc(OC)c(OCCCN3CCCC3)c2)nc(C(F)(F)F)c1F. The van der Waals surface area contributed by atoms with Crippen LogP contribution in [-0.4, -0.2) is 55.3 Å². The summed E-state index contributed by atoms with van der Waals surface area (Å²) in [6.45, 7) is 3.62. The van der Waals surface area contributed by atoms with Gasteiger partial charge in [0.05, 0.1) is 13.7 Å². The van der Waals surface area contributed by atoms with E-state index in [4.69, 9.17) is 9.47 Å². The van der Waals surface area contributed by atoms with Crippen molar-refractivity contribution in [2.45, 2.75) is 25.4 Å². The Labute approximate surface area is 177 Å². The number of methoxy groups -OCH3 is 1. The number of hydrogen-bond donors (Lipinski definition) is 2. The van der Waals surface area contributed by atoms with Crippen LogP contribution in [0, 0.1) is 5.82 Å². The van der Waals surface area contributed by atoms with E-state index in [1.54, 1.807) is 18.2 Å². The van der Waals surface area contributed by atoms with E-state index in [-0.39, 0.29) is 0 Å². The van der Waals surface area contributed by atoms with E-state index in [1.165, 1.54) is 27.0 Å². The first kappa shape index (κ1) is 22.9. The molecule has 1 fully saturated rings. The molecule has 1 aromatic carbocycles. The molecule has 0 unspecified atom stereocenters. The van der Waals surface area contributed by atoms with E-state index >= 15 is 0 Å². The van der Waals surface area contributed by atoms with E-state index in [0.717, 1.165) is 26.1 Å². The summed E-state index contributed by atoms with van der Waals surface area (Å²) in [7, 11) is 2.77. The first-order valence-electron chi connectivity index (χ1n) is 9.94. The summed E-state index contributed by atoms with van der Waals surface area (Å²) in [4.78, 5) is 9.44. The van der Waals surface area contributed by atoms with Crippen molar-refractivity contribution in [1.29, 1.82) is 0 Å². The summed E-state index contributed by atoms with van der Waals surface area (Å²) < 4.78 is 64.4. The number of likely N-dealkylation sites (tertiary alicyclic amines) is 1. The first-order chi connectivity index (χ1) is 14.8. The third-order valence-corrected chi connectivity index (χ3v) is 4.85. The van der Waals surface area contributed by atoms with Crippen molar-refractivity contribution in [3.8, 4) is 11.5 Å². The summed E-state index contributed by atoms with van der Waals surface area (Å²) in [6, 6.07) is 4.77. The number of ether oxygens (including phenoxy) is 2. The third-order valence-electron chi connectivity index (χ3n) is 4.85. The van der Waals surface area contributed by atoms with Gasteiger partial charge in [0.15, 0.2) is 28.8 Å². The molecule has 31 heavy (non-hydrogen) atoms. The van der Waals surface area contributed by atoms with Crippen molar-refractivity contribution in [3.05, 3.63) is 29.7 Å². The minimum Gasteiger partial charge on any atom is -0.493 e. The molecule has 170 valence electrons. The Balaban J connectivity index is 1.73. The average Bonchev–Trinajstić information content (AvgIpc) is 3.25. The number of hydrogen-bond acceptors (Lipinski definition) is 7. The Morgan fingerprint density at radius 3 is 2.52 bits per heavy atom. The van der Waals surface area contributed by atoms with Crippen molar-refractivity contribution in [3.63, 3.8) is 0 Å². The van der Waals surface area contributed by atoms with Crippen LogP contribution < -0.4 is 20.1 Å². The predicted octanol–water partition coefficient (Wildman–Crippen LogP) is 4.29. The first-order valence-corrected chi connectivity index (χ1v) is 9.94. The highest BCUT2D eigenvalue weighted by Gasteiger charge is 2.38. The lowest BCUT2D eigenvalue weighted by atomic mass is 10.2. The maximum absolute atomic E-state index is 14.0. The molecule has 2 heterocycles. The van der Waals surface area contributed by atoms with Crippen LogP contribution in [0.3, 0.4) is 0 Å². The van der Waals surface area contributed by atoms with Gasteiger partial charge in [-0.25, -0.2) is 9.37 Å². The van der Waals surface area contributed by atoms with Gasteiger partial charge in [-0.15, -0.1) is 0 Å². The number of rotatable bonds is 9. The molecular weight excluding hydrogens is 418 g/mol.